The molecule has 82 valence electrons. The van der Waals surface area contributed by atoms with Crippen LogP contribution in [0.1, 0.15) is 44.6 Å². The summed E-state index contributed by atoms with van der Waals surface area (Å²) in [6.07, 6.45) is 3.60. The predicted octanol–water partition coefficient (Wildman–Crippen LogP) is 3.31. The Kier molecular flexibility index (Phi) is 2.83. The molecule has 0 heterocycles. The summed E-state index contributed by atoms with van der Waals surface area (Å²) in [5.74, 6) is 1.41. The van der Waals surface area contributed by atoms with Gasteiger partial charge >= 0.3 is 0 Å². The summed E-state index contributed by atoms with van der Waals surface area (Å²) in [4.78, 5) is 0. The van der Waals surface area contributed by atoms with Crippen LogP contribution >= 0.6 is 0 Å². The third kappa shape index (κ3) is 2.23. The summed E-state index contributed by atoms with van der Waals surface area (Å²) in [5, 5.41) is 0. The summed E-state index contributed by atoms with van der Waals surface area (Å²) in [5.41, 5.74) is 7.87. The van der Waals surface area contributed by atoms with Crippen LogP contribution in [-0.2, 0) is 0 Å². The minimum Gasteiger partial charge on any atom is -0.325 e. The van der Waals surface area contributed by atoms with E-state index in [2.05, 4.69) is 44.2 Å². The normalized spacial score (nSPS) is 28.5. The van der Waals surface area contributed by atoms with E-state index in [4.69, 9.17) is 5.73 Å². The van der Waals surface area contributed by atoms with E-state index in [1.165, 1.54) is 18.4 Å². The number of hydrogen-bond acceptors (Lipinski definition) is 1. The van der Waals surface area contributed by atoms with Crippen LogP contribution in [0.4, 0.5) is 0 Å². The van der Waals surface area contributed by atoms with E-state index in [0.717, 1.165) is 6.42 Å². The van der Waals surface area contributed by atoms with Crippen molar-refractivity contribution >= 4 is 0 Å². The molecular formula is C14H21N. The van der Waals surface area contributed by atoms with Crippen LogP contribution in [0, 0.1) is 5.92 Å². The van der Waals surface area contributed by atoms with E-state index < -0.39 is 0 Å². The van der Waals surface area contributed by atoms with E-state index in [1.807, 2.05) is 0 Å². The van der Waals surface area contributed by atoms with Gasteiger partial charge in [0.15, 0.2) is 0 Å². The second-order valence-corrected chi connectivity index (χ2v) is 5.12. The Morgan fingerprint density at radius 2 is 2.00 bits per heavy atom. The summed E-state index contributed by atoms with van der Waals surface area (Å²) >= 11 is 0. The number of benzene rings is 1. The van der Waals surface area contributed by atoms with Gasteiger partial charge in [0.05, 0.1) is 0 Å². The molecule has 15 heavy (non-hydrogen) atoms. The zero-order chi connectivity index (χ0) is 10.9. The molecule has 0 amide bonds. The summed E-state index contributed by atoms with van der Waals surface area (Å²) in [6.45, 7) is 4.43. The molecule has 0 aliphatic heterocycles. The number of nitrogens with two attached hydrogens (primary N) is 1. The van der Waals surface area contributed by atoms with E-state index in [0.29, 0.717) is 11.8 Å². The molecule has 2 N–H and O–H groups in total. The van der Waals surface area contributed by atoms with Gasteiger partial charge in [0.2, 0.25) is 0 Å². The molecule has 0 spiro atoms. The Labute approximate surface area is 92.7 Å². The molecule has 1 saturated carbocycles. The maximum Gasteiger partial charge on any atom is 0.0160 e. The van der Waals surface area contributed by atoms with Gasteiger partial charge in [-0.25, -0.2) is 0 Å². The van der Waals surface area contributed by atoms with Gasteiger partial charge in [-0.15, -0.1) is 0 Å². The maximum absolute atomic E-state index is 6.36. The van der Waals surface area contributed by atoms with Gasteiger partial charge in [-0.2, -0.15) is 0 Å². The second-order valence-electron chi connectivity index (χ2n) is 5.12. The lowest BCUT2D eigenvalue weighted by atomic mass is 9.89. The van der Waals surface area contributed by atoms with Crippen molar-refractivity contribution < 1.29 is 0 Å². The Morgan fingerprint density at radius 3 is 2.60 bits per heavy atom. The van der Waals surface area contributed by atoms with E-state index in [9.17, 15) is 0 Å². The summed E-state index contributed by atoms with van der Waals surface area (Å²) in [6, 6.07) is 10.8. The smallest absolute Gasteiger partial charge is 0.0160 e. The highest BCUT2D eigenvalue weighted by atomic mass is 14.8. The van der Waals surface area contributed by atoms with Gasteiger partial charge in [-0.05, 0) is 37.2 Å². The van der Waals surface area contributed by atoms with Crippen molar-refractivity contribution in [3.05, 3.63) is 35.9 Å². The first-order chi connectivity index (χ1) is 7.15. The number of hydrogen-bond donors (Lipinski definition) is 1. The summed E-state index contributed by atoms with van der Waals surface area (Å²) in [7, 11) is 0. The van der Waals surface area contributed by atoms with Crippen molar-refractivity contribution in [1.29, 1.82) is 0 Å². The molecule has 0 saturated heterocycles. The van der Waals surface area contributed by atoms with E-state index in [1.54, 1.807) is 0 Å². The van der Waals surface area contributed by atoms with Crippen LogP contribution in [-0.4, -0.2) is 5.54 Å². The first kappa shape index (κ1) is 10.7. The van der Waals surface area contributed by atoms with Gasteiger partial charge < -0.3 is 5.73 Å². The first-order valence-electron chi connectivity index (χ1n) is 5.99. The van der Waals surface area contributed by atoms with Crippen molar-refractivity contribution in [1.82, 2.24) is 0 Å². The molecule has 1 fully saturated rings. The van der Waals surface area contributed by atoms with Crippen LogP contribution in [0.2, 0.25) is 0 Å². The van der Waals surface area contributed by atoms with Crippen molar-refractivity contribution in [2.24, 2.45) is 11.7 Å². The van der Waals surface area contributed by atoms with Crippen LogP contribution < -0.4 is 5.73 Å². The van der Waals surface area contributed by atoms with Gasteiger partial charge in [0.25, 0.3) is 0 Å². The Balaban J connectivity index is 2.02. The van der Waals surface area contributed by atoms with Crippen LogP contribution in [0.3, 0.4) is 0 Å². The van der Waals surface area contributed by atoms with Gasteiger partial charge in [0.1, 0.15) is 0 Å². The highest BCUT2D eigenvalue weighted by Crippen LogP contribution is 2.53. The summed E-state index contributed by atoms with van der Waals surface area (Å²) < 4.78 is 0. The van der Waals surface area contributed by atoms with Gasteiger partial charge in [-0.3, -0.25) is 0 Å². The minimum absolute atomic E-state index is 0.0370. The molecule has 1 aromatic rings. The Morgan fingerprint density at radius 1 is 1.33 bits per heavy atom. The van der Waals surface area contributed by atoms with Crippen molar-refractivity contribution in [3.63, 3.8) is 0 Å². The van der Waals surface area contributed by atoms with Gasteiger partial charge in [-0.1, -0.05) is 43.7 Å². The monoisotopic (exact) mass is 203 g/mol. The molecule has 1 nitrogen and oxygen atoms in total. The first-order valence-corrected chi connectivity index (χ1v) is 5.99. The molecule has 3 atom stereocenters. The second kappa shape index (κ2) is 3.97. The molecule has 0 bridgehead atoms. The lowest BCUT2D eigenvalue weighted by molar-refractivity contribution is 0.368. The average molecular weight is 203 g/mol. The van der Waals surface area contributed by atoms with Crippen molar-refractivity contribution in [2.45, 2.75) is 44.6 Å². The Bertz CT molecular complexity index is 315. The fourth-order valence-electron chi connectivity index (χ4n) is 2.72. The van der Waals surface area contributed by atoms with Crippen LogP contribution in [0.15, 0.2) is 30.3 Å². The largest absolute Gasteiger partial charge is 0.325 e. The Hall–Kier alpha value is -0.820. The van der Waals surface area contributed by atoms with Crippen LogP contribution in [0.5, 0.6) is 0 Å². The quantitative estimate of drug-likeness (QED) is 0.798. The highest BCUT2D eigenvalue weighted by molar-refractivity contribution is 5.27. The third-order valence-corrected chi connectivity index (χ3v) is 3.65. The number of rotatable bonds is 4. The predicted molar refractivity (Wildman–Crippen MR) is 64.8 cm³/mol. The molecule has 1 aromatic carbocycles. The fourth-order valence-corrected chi connectivity index (χ4v) is 2.72. The van der Waals surface area contributed by atoms with E-state index >= 15 is 0 Å². The third-order valence-electron chi connectivity index (χ3n) is 3.65. The standard InChI is InChI=1S/C14H21N/c1-3-9-14(2,15)13-10-12(13)11-7-5-4-6-8-11/h4-8,12-13H,3,9-10,15H2,1-2H3. The average Bonchev–Trinajstić information content (AvgIpc) is 2.99. The van der Waals surface area contributed by atoms with Crippen LogP contribution in [0.25, 0.3) is 0 Å². The lowest BCUT2D eigenvalue weighted by Crippen LogP contribution is -2.38. The molecule has 3 unspecified atom stereocenters. The zero-order valence-electron chi connectivity index (χ0n) is 9.74. The highest BCUT2D eigenvalue weighted by Gasteiger charge is 2.47. The van der Waals surface area contributed by atoms with Crippen molar-refractivity contribution in [3.8, 4) is 0 Å². The molecule has 0 radical (unpaired) electrons. The molecule has 2 rings (SSSR count). The maximum atomic E-state index is 6.36. The van der Waals surface area contributed by atoms with E-state index in [-0.39, 0.29) is 5.54 Å². The molecule has 1 heteroatoms. The van der Waals surface area contributed by atoms with Crippen molar-refractivity contribution in [2.75, 3.05) is 0 Å². The zero-order valence-corrected chi connectivity index (χ0v) is 9.74. The SMILES string of the molecule is CCCC(C)(N)C1CC1c1ccccc1. The fraction of sp³-hybridized carbons (Fsp3) is 0.571. The lowest BCUT2D eigenvalue weighted by Gasteiger charge is -2.24. The topological polar surface area (TPSA) is 26.0 Å². The van der Waals surface area contributed by atoms with Gasteiger partial charge in [0, 0.05) is 5.54 Å². The minimum atomic E-state index is 0.0370. The molecular weight excluding hydrogens is 182 g/mol. The molecule has 1 aliphatic rings. The molecule has 0 aromatic heterocycles. The molecule has 1 aliphatic carbocycles.